The number of ether oxygens (including phenoxy) is 1. The molecule has 6 nitrogen and oxygen atoms in total. The number of alkyl halides is 3. The van der Waals surface area contributed by atoms with Crippen LogP contribution in [-0.2, 0) is 4.74 Å². The second-order valence-corrected chi connectivity index (χ2v) is 4.58. The Balaban J connectivity index is 3.47. The van der Waals surface area contributed by atoms with Gasteiger partial charge in [-0.2, -0.15) is 18.4 Å². The van der Waals surface area contributed by atoms with E-state index in [9.17, 15) is 28.1 Å². The summed E-state index contributed by atoms with van der Waals surface area (Å²) in [5.74, 6) is -0.958. The number of carbonyl (C=O) groups excluding carboxylic acids is 1. The van der Waals surface area contributed by atoms with Crippen LogP contribution in [0.1, 0.15) is 22.8 Å². The summed E-state index contributed by atoms with van der Waals surface area (Å²) in [7, 11) is 0. The number of nitro groups is 1. The van der Waals surface area contributed by atoms with Gasteiger partial charge in [0.05, 0.1) is 22.7 Å². The Morgan fingerprint density at radius 2 is 2.14 bits per heavy atom. The van der Waals surface area contributed by atoms with Crippen molar-refractivity contribution in [3.63, 3.8) is 0 Å². The predicted molar refractivity (Wildman–Crippen MR) is 65.7 cm³/mol. The van der Waals surface area contributed by atoms with Crippen LogP contribution in [0.3, 0.4) is 0 Å². The number of thioether (sulfide) groups is 1. The van der Waals surface area contributed by atoms with Gasteiger partial charge in [-0.15, -0.1) is 0 Å². The first kappa shape index (κ1) is 16.8. The molecule has 1 rings (SSSR count). The van der Waals surface area contributed by atoms with E-state index in [1.54, 1.807) is 0 Å². The molecule has 0 spiro atoms. The van der Waals surface area contributed by atoms with Gasteiger partial charge in [0.15, 0.2) is 0 Å². The van der Waals surface area contributed by atoms with E-state index in [0.717, 1.165) is 6.07 Å². The van der Waals surface area contributed by atoms with Crippen LogP contribution in [0, 0.1) is 21.4 Å². The first-order valence-electron chi connectivity index (χ1n) is 5.35. The molecule has 0 fully saturated rings. The highest BCUT2D eigenvalue weighted by Gasteiger charge is 2.35. The van der Waals surface area contributed by atoms with Crippen LogP contribution in [-0.4, -0.2) is 23.0 Å². The van der Waals surface area contributed by atoms with Crippen LogP contribution in [0.15, 0.2) is 17.0 Å². The molecule has 0 amide bonds. The van der Waals surface area contributed by atoms with Gasteiger partial charge in [-0.05, 0) is 24.8 Å². The van der Waals surface area contributed by atoms with Crippen molar-refractivity contribution < 1.29 is 27.6 Å². The third-order valence-electron chi connectivity index (χ3n) is 2.12. The lowest BCUT2D eigenvalue weighted by Crippen LogP contribution is -2.08. The quantitative estimate of drug-likeness (QED) is 0.366. The highest BCUT2D eigenvalue weighted by molar-refractivity contribution is 8.00. The van der Waals surface area contributed by atoms with Gasteiger partial charge in [-0.3, -0.25) is 10.1 Å². The number of hydrogen-bond donors (Lipinski definition) is 0. The molecule has 0 aliphatic heterocycles. The van der Waals surface area contributed by atoms with Gasteiger partial charge in [0.25, 0.3) is 5.69 Å². The molecule has 0 N–H and O–H groups in total. The van der Waals surface area contributed by atoms with Crippen LogP contribution in [0.25, 0.3) is 0 Å². The molecule has 112 valence electrons. The normalized spacial score (nSPS) is 10.8. The van der Waals surface area contributed by atoms with Crippen molar-refractivity contribution >= 4 is 23.4 Å². The maximum atomic E-state index is 12.4. The van der Waals surface area contributed by atoms with E-state index in [0.29, 0.717) is 6.07 Å². The van der Waals surface area contributed by atoms with E-state index < -0.39 is 44.3 Å². The topological polar surface area (TPSA) is 93.2 Å². The average Bonchev–Trinajstić information content (AvgIpc) is 2.36. The minimum absolute atomic E-state index is 0.0203. The van der Waals surface area contributed by atoms with Crippen molar-refractivity contribution in [2.75, 3.05) is 6.61 Å². The SMILES string of the molecule is CCOC(=O)c1cc(C#N)c(SC(F)(F)F)c([N+](=O)[O-])c1. The monoisotopic (exact) mass is 320 g/mol. The Morgan fingerprint density at radius 1 is 1.52 bits per heavy atom. The van der Waals surface area contributed by atoms with Crippen molar-refractivity contribution in [2.45, 2.75) is 17.3 Å². The summed E-state index contributed by atoms with van der Waals surface area (Å²) in [6.45, 7) is 1.47. The van der Waals surface area contributed by atoms with E-state index >= 15 is 0 Å². The fourth-order valence-electron chi connectivity index (χ4n) is 1.39. The molecule has 0 radical (unpaired) electrons. The van der Waals surface area contributed by atoms with Gasteiger partial charge in [0.1, 0.15) is 11.0 Å². The van der Waals surface area contributed by atoms with E-state index in [-0.39, 0.29) is 12.2 Å². The van der Waals surface area contributed by atoms with Gasteiger partial charge in [0, 0.05) is 6.07 Å². The summed E-state index contributed by atoms with van der Waals surface area (Å²) in [4.78, 5) is 20.4. The molecule has 1 aromatic carbocycles. The minimum atomic E-state index is -4.80. The maximum Gasteiger partial charge on any atom is 0.446 e. The Bertz CT molecular complexity index is 625. The summed E-state index contributed by atoms with van der Waals surface area (Å²) >= 11 is -0.776. The lowest BCUT2D eigenvalue weighted by Gasteiger charge is -2.09. The lowest BCUT2D eigenvalue weighted by molar-refractivity contribution is -0.387. The lowest BCUT2D eigenvalue weighted by atomic mass is 10.1. The number of rotatable bonds is 4. The van der Waals surface area contributed by atoms with Gasteiger partial charge >= 0.3 is 11.5 Å². The van der Waals surface area contributed by atoms with Crippen LogP contribution in [0.5, 0.6) is 0 Å². The average molecular weight is 320 g/mol. The highest BCUT2D eigenvalue weighted by Crippen LogP contribution is 2.43. The first-order chi connectivity index (χ1) is 9.69. The molecule has 0 saturated carbocycles. The number of carbonyl (C=O) groups is 1. The number of nitriles is 1. The van der Waals surface area contributed by atoms with E-state index in [4.69, 9.17) is 5.26 Å². The molecule has 1 aromatic rings. The number of nitrogens with zero attached hydrogens (tertiary/aromatic N) is 2. The Morgan fingerprint density at radius 3 is 2.57 bits per heavy atom. The van der Waals surface area contributed by atoms with Crippen LogP contribution in [0.2, 0.25) is 0 Å². The summed E-state index contributed by atoms with van der Waals surface area (Å²) in [5.41, 5.74) is -6.75. The minimum Gasteiger partial charge on any atom is -0.462 e. The second kappa shape index (κ2) is 6.45. The molecule has 0 saturated heterocycles. The van der Waals surface area contributed by atoms with Gasteiger partial charge in [0.2, 0.25) is 0 Å². The van der Waals surface area contributed by atoms with E-state index in [2.05, 4.69) is 4.74 Å². The Labute approximate surface area is 120 Å². The van der Waals surface area contributed by atoms with Gasteiger partial charge in [-0.25, -0.2) is 4.79 Å². The zero-order valence-corrected chi connectivity index (χ0v) is 11.2. The van der Waals surface area contributed by atoms with Gasteiger partial charge < -0.3 is 4.74 Å². The first-order valence-corrected chi connectivity index (χ1v) is 6.16. The van der Waals surface area contributed by atoms with Crippen molar-refractivity contribution in [3.8, 4) is 6.07 Å². The number of esters is 1. The predicted octanol–water partition coefficient (Wildman–Crippen LogP) is 3.26. The number of halogens is 3. The number of hydrogen-bond acceptors (Lipinski definition) is 6. The fourth-order valence-corrected chi connectivity index (χ4v) is 2.07. The highest BCUT2D eigenvalue weighted by atomic mass is 32.2. The Hall–Kier alpha value is -2.28. The standard InChI is InChI=1S/C11H7F3N2O4S/c1-2-20-10(17)6-3-7(5-15)9(21-11(12,13)14)8(4-6)16(18)19/h3-4H,2H2,1H3. The van der Waals surface area contributed by atoms with Crippen LogP contribution in [0.4, 0.5) is 18.9 Å². The fraction of sp³-hybridized carbons (Fsp3) is 0.273. The molecule has 0 aliphatic carbocycles. The second-order valence-electron chi connectivity index (χ2n) is 3.51. The molecular weight excluding hydrogens is 313 g/mol. The summed E-state index contributed by atoms with van der Waals surface area (Å²) in [6, 6.07) is 2.91. The summed E-state index contributed by atoms with van der Waals surface area (Å²) in [5, 5.41) is 19.7. The molecule has 0 atom stereocenters. The number of benzene rings is 1. The summed E-state index contributed by atoms with van der Waals surface area (Å²) < 4.78 is 41.9. The van der Waals surface area contributed by atoms with Crippen molar-refractivity contribution in [1.82, 2.24) is 0 Å². The molecule has 0 aromatic heterocycles. The summed E-state index contributed by atoms with van der Waals surface area (Å²) in [6.07, 6.45) is 0. The van der Waals surface area contributed by atoms with E-state index in [1.807, 2.05) is 0 Å². The smallest absolute Gasteiger partial charge is 0.446 e. The zero-order chi connectivity index (χ0) is 16.2. The van der Waals surface area contributed by atoms with E-state index in [1.165, 1.54) is 13.0 Å². The van der Waals surface area contributed by atoms with Crippen LogP contribution >= 0.6 is 11.8 Å². The van der Waals surface area contributed by atoms with Gasteiger partial charge in [-0.1, -0.05) is 0 Å². The third kappa shape index (κ3) is 4.35. The van der Waals surface area contributed by atoms with Crippen molar-refractivity contribution in [2.24, 2.45) is 0 Å². The maximum absolute atomic E-state index is 12.4. The third-order valence-corrected chi connectivity index (χ3v) is 2.98. The molecule has 21 heavy (non-hydrogen) atoms. The number of nitro benzene ring substituents is 1. The molecule has 0 heterocycles. The Kier molecular flexibility index (Phi) is 5.15. The molecule has 0 bridgehead atoms. The molecule has 10 heteroatoms. The van der Waals surface area contributed by atoms with Crippen molar-refractivity contribution in [3.05, 3.63) is 33.4 Å². The zero-order valence-electron chi connectivity index (χ0n) is 10.4. The molecule has 0 unspecified atom stereocenters. The molecular formula is C11H7F3N2O4S. The largest absolute Gasteiger partial charge is 0.462 e. The molecule has 0 aliphatic rings. The van der Waals surface area contributed by atoms with Crippen molar-refractivity contribution in [1.29, 1.82) is 5.26 Å². The van der Waals surface area contributed by atoms with Crippen LogP contribution < -0.4 is 0 Å².